The first-order valence-corrected chi connectivity index (χ1v) is 13.1. The number of rotatable bonds is 11. The molecule has 0 fully saturated rings. The summed E-state index contributed by atoms with van der Waals surface area (Å²) in [5.74, 6) is -1.93. The van der Waals surface area contributed by atoms with E-state index in [1.807, 2.05) is 0 Å². The SMILES string of the molecule is COC(=O)NC(CC/C=C/C(=O)N(C)C)C(=O)Nc1ccc(Cl)n(Cc2nc3c(F)cnc(CCC(F)(F)F)c3[nH]2)c1=O. The van der Waals surface area contributed by atoms with E-state index in [1.165, 1.54) is 29.2 Å². The molecule has 3 rings (SSSR count). The number of aryl methyl sites for hydroxylation is 1. The number of carbonyl (C=O) groups is 3. The van der Waals surface area contributed by atoms with E-state index in [0.29, 0.717) is 0 Å². The molecule has 0 aliphatic rings. The van der Waals surface area contributed by atoms with Crippen LogP contribution < -0.4 is 16.2 Å². The minimum Gasteiger partial charge on any atom is -0.453 e. The molecule has 3 N–H and O–H groups in total. The molecule has 3 heterocycles. The van der Waals surface area contributed by atoms with Gasteiger partial charge in [0.15, 0.2) is 5.82 Å². The van der Waals surface area contributed by atoms with Gasteiger partial charge in [0.2, 0.25) is 11.8 Å². The molecule has 0 aromatic carbocycles. The number of hydrogen-bond acceptors (Lipinski definition) is 7. The van der Waals surface area contributed by atoms with Crippen molar-refractivity contribution in [3.8, 4) is 0 Å². The molecule has 17 heteroatoms. The number of amides is 3. The highest BCUT2D eigenvalue weighted by Gasteiger charge is 2.28. The lowest BCUT2D eigenvalue weighted by Gasteiger charge is -2.17. The summed E-state index contributed by atoms with van der Waals surface area (Å²) < 4.78 is 58.1. The molecule has 3 amide bonds. The molecule has 232 valence electrons. The van der Waals surface area contributed by atoms with Gasteiger partial charge < -0.3 is 25.3 Å². The van der Waals surface area contributed by atoms with Crippen molar-refractivity contribution in [1.82, 2.24) is 29.7 Å². The van der Waals surface area contributed by atoms with Gasteiger partial charge >= 0.3 is 12.3 Å². The highest BCUT2D eigenvalue weighted by Crippen LogP contribution is 2.25. The van der Waals surface area contributed by atoms with E-state index in [4.69, 9.17) is 11.6 Å². The predicted molar refractivity (Wildman–Crippen MR) is 148 cm³/mol. The van der Waals surface area contributed by atoms with Crippen molar-refractivity contribution in [2.24, 2.45) is 0 Å². The monoisotopic (exact) mass is 629 g/mol. The maximum Gasteiger partial charge on any atom is 0.407 e. The van der Waals surface area contributed by atoms with Gasteiger partial charge in [-0.2, -0.15) is 13.2 Å². The van der Waals surface area contributed by atoms with Crippen molar-refractivity contribution in [2.45, 2.75) is 44.4 Å². The Labute approximate surface area is 247 Å². The number of imidazole rings is 1. The van der Waals surface area contributed by atoms with Crippen LogP contribution in [0, 0.1) is 5.82 Å². The molecular weight excluding hydrogens is 602 g/mol. The third kappa shape index (κ3) is 9.01. The Morgan fingerprint density at radius 1 is 1.26 bits per heavy atom. The minimum atomic E-state index is -4.45. The van der Waals surface area contributed by atoms with E-state index < -0.39 is 48.4 Å². The maximum absolute atomic E-state index is 14.4. The number of ether oxygens (including phenoxy) is 1. The number of likely N-dealkylation sites (N-methyl/N-ethyl adjacent to an activating group) is 1. The summed E-state index contributed by atoms with van der Waals surface area (Å²) in [6.45, 7) is -0.358. The number of hydrogen-bond donors (Lipinski definition) is 3. The summed E-state index contributed by atoms with van der Waals surface area (Å²) in [5.41, 5.74) is -1.37. The fourth-order valence-corrected chi connectivity index (χ4v) is 4.02. The lowest BCUT2D eigenvalue weighted by Crippen LogP contribution is -2.44. The number of alkyl carbamates (subject to hydrolysis) is 1. The second-order valence-electron chi connectivity index (χ2n) is 9.43. The number of carbonyl (C=O) groups excluding carboxylic acids is 3. The molecule has 12 nitrogen and oxygen atoms in total. The third-order valence-corrected chi connectivity index (χ3v) is 6.38. The number of fused-ring (bicyclic) bond motifs is 1. The molecule has 0 spiro atoms. The molecule has 0 saturated carbocycles. The minimum absolute atomic E-state index is 0.00747. The molecule has 1 atom stereocenters. The van der Waals surface area contributed by atoms with E-state index in [2.05, 4.69) is 30.3 Å². The number of methoxy groups -OCH3 is 1. The van der Waals surface area contributed by atoms with Gasteiger partial charge in [0.25, 0.3) is 5.56 Å². The van der Waals surface area contributed by atoms with Gasteiger partial charge in [-0.25, -0.2) is 14.2 Å². The number of H-pyrrole nitrogens is 1. The Balaban J connectivity index is 1.83. The molecule has 0 bridgehead atoms. The van der Waals surface area contributed by atoms with Crippen molar-refractivity contribution in [3.63, 3.8) is 0 Å². The number of aromatic nitrogens is 4. The molecule has 0 radical (unpaired) electrons. The molecule has 3 aromatic heterocycles. The van der Waals surface area contributed by atoms with Crippen LogP contribution in [0.4, 0.5) is 28.0 Å². The number of pyridine rings is 2. The van der Waals surface area contributed by atoms with E-state index in [0.717, 1.165) is 17.9 Å². The van der Waals surface area contributed by atoms with Crippen molar-refractivity contribution in [3.05, 3.63) is 63.3 Å². The summed E-state index contributed by atoms with van der Waals surface area (Å²) in [7, 11) is 4.25. The Hall–Kier alpha value is -4.47. The molecule has 0 saturated heterocycles. The quantitative estimate of drug-likeness (QED) is 0.167. The Kier molecular flexibility index (Phi) is 10.9. The summed E-state index contributed by atoms with van der Waals surface area (Å²) in [5, 5.41) is 4.71. The first-order chi connectivity index (χ1) is 20.2. The molecule has 3 aromatic rings. The second kappa shape index (κ2) is 14.1. The topological polar surface area (TPSA) is 151 Å². The van der Waals surface area contributed by atoms with Crippen LogP contribution in [0.5, 0.6) is 0 Å². The largest absolute Gasteiger partial charge is 0.453 e. The first kappa shape index (κ1) is 33.0. The number of nitrogens with one attached hydrogen (secondary N) is 3. The standard InChI is InChI=1S/C26H28ClF4N7O5/c1-37(2)20(39)7-5-4-6-16(34-25(42)43-3)23(40)33-17-8-9-18(27)38(24(17)41)13-19-35-21-14(28)12-32-15(22(21)36-19)10-11-26(29,30)31/h5,7-9,12,16H,4,6,10-11,13H2,1-3H3,(H,33,40)(H,34,42)(H,35,36)/b7-5+. The normalized spacial score (nSPS) is 12.4. The number of aromatic amines is 1. The number of allylic oxidation sites excluding steroid dienone is 1. The zero-order chi connectivity index (χ0) is 31.9. The molecule has 0 aliphatic heterocycles. The van der Waals surface area contributed by atoms with Crippen LogP contribution >= 0.6 is 11.6 Å². The van der Waals surface area contributed by atoms with Crippen LogP contribution in [0.15, 0.2) is 35.3 Å². The lowest BCUT2D eigenvalue weighted by atomic mass is 10.1. The van der Waals surface area contributed by atoms with Crippen molar-refractivity contribution < 1.29 is 36.7 Å². The molecule has 1 unspecified atom stereocenters. The van der Waals surface area contributed by atoms with Crippen LogP contribution in [0.25, 0.3) is 11.0 Å². The van der Waals surface area contributed by atoms with Crippen LogP contribution in [-0.4, -0.2) is 75.7 Å². The van der Waals surface area contributed by atoms with E-state index in [-0.39, 0.29) is 58.7 Å². The Morgan fingerprint density at radius 2 is 1.98 bits per heavy atom. The Morgan fingerprint density at radius 3 is 2.63 bits per heavy atom. The number of anilines is 1. The van der Waals surface area contributed by atoms with Crippen LogP contribution in [0.2, 0.25) is 5.15 Å². The van der Waals surface area contributed by atoms with Gasteiger partial charge in [0.05, 0.1) is 31.1 Å². The van der Waals surface area contributed by atoms with Gasteiger partial charge in [0, 0.05) is 26.9 Å². The smallest absolute Gasteiger partial charge is 0.407 e. The summed E-state index contributed by atoms with van der Waals surface area (Å²) in [6, 6.07) is 1.38. The highest BCUT2D eigenvalue weighted by atomic mass is 35.5. The zero-order valence-corrected chi connectivity index (χ0v) is 24.0. The third-order valence-electron chi connectivity index (χ3n) is 6.05. The van der Waals surface area contributed by atoms with Crippen LogP contribution in [0.1, 0.15) is 30.8 Å². The van der Waals surface area contributed by atoms with Crippen LogP contribution in [0.3, 0.4) is 0 Å². The average Bonchev–Trinajstić information content (AvgIpc) is 3.37. The van der Waals surface area contributed by atoms with E-state index in [9.17, 15) is 36.7 Å². The second-order valence-corrected chi connectivity index (χ2v) is 9.81. The maximum atomic E-state index is 14.4. The van der Waals surface area contributed by atoms with Gasteiger partial charge in [-0.05, 0) is 31.1 Å². The number of halogens is 5. The first-order valence-electron chi connectivity index (χ1n) is 12.7. The summed E-state index contributed by atoms with van der Waals surface area (Å²) >= 11 is 6.22. The van der Waals surface area contributed by atoms with E-state index in [1.54, 1.807) is 14.1 Å². The fourth-order valence-electron chi connectivity index (χ4n) is 3.82. The van der Waals surface area contributed by atoms with Crippen LogP contribution in [-0.2, 0) is 27.3 Å². The summed E-state index contributed by atoms with van der Waals surface area (Å²) in [6.07, 6.45) is -3.19. The summed E-state index contributed by atoms with van der Waals surface area (Å²) in [4.78, 5) is 61.7. The predicted octanol–water partition coefficient (Wildman–Crippen LogP) is 3.54. The van der Waals surface area contributed by atoms with E-state index >= 15 is 0 Å². The fraction of sp³-hybridized carbons (Fsp3) is 0.385. The van der Waals surface area contributed by atoms with Crippen molar-refractivity contribution in [1.29, 1.82) is 0 Å². The van der Waals surface area contributed by atoms with Crippen molar-refractivity contribution >= 4 is 46.2 Å². The van der Waals surface area contributed by atoms with Gasteiger partial charge in [-0.1, -0.05) is 17.7 Å². The molecular formula is C26H28ClF4N7O5. The lowest BCUT2D eigenvalue weighted by molar-refractivity contribution is -0.134. The van der Waals surface area contributed by atoms with Gasteiger partial charge in [-0.3, -0.25) is 23.9 Å². The number of nitrogens with zero attached hydrogens (tertiary/aromatic N) is 4. The highest BCUT2D eigenvalue weighted by molar-refractivity contribution is 6.29. The van der Waals surface area contributed by atoms with Gasteiger partial charge in [0.1, 0.15) is 28.2 Å². The molecule has 43 heavy (non-hydrogen) atoms. The number of alkyl halides is 3. The average molecular weight is 630 g/mol. The molecule has 0 aliphatic carbocycles. The van der Waals surface area contributed by atoms with Crippen molar-refractivity contribution in [2.75, 3.05) is 26.5 Å². The Bertz CT molecular complexity index is 1590. The zero-order valence-electron chi connectivity index (χ0n) is 23.2. The van der Waals surface area contributed by atoms with Gasteiger partial charge in [-0.15, -0.1) is 0 Å².